The first-order valence-corrected chi connectivity index (χ1v) is 10.7. The quantitative estimate of drug-likeness (QED) is 0.360. The normalized spacial score (nSPS) is 14.9. The Labute approximate surface area is 189 Å². The lowest BCUT2D eigenvalue weighted by molar-refractivity contribution is -0.129. The average molecular weight is 426 g/mol. The van der Waals surface area contributed by atoms with Crippen LogP contribution in [0.4, 0.5) is 0 Å². The number of nitrogens with zero attached hydrogens (tertiary/aromatic N) is 1. The molecule has 4 rings (SSSR count). The average Bonchev–Trinajstić information content (AvgIpc) is 3.14. The molecule has 0 fully saturated rings. The Bertz CT molecular complexity index is 1160. The Balaban J connectivity index is 1.44. The maximum Gasteiger partial charge on any atom is 0.363 e. The summed E-state index contributed by atoms with van der Waals surface area (Å²) in [5.41, 5.74) is 5.55. The highest BCUT2D eigenvalue weighted by atomic mass is 16.6. The molecule has 1 heterocycles. The summed E-state index contributed by atoms with van der Waals surface area (Å²) in [6, 6.07) is 23.8. The van der Waals surface area contributed by atoms with Crippen molar-refractivity contribution in [1.82, 2.24) is 0 Å². The summed E-state index contributed by atoms with van der Waals surface area (Å²) in [5.74, 6) is 0.657. The molecule has 0 bridgehead atoms. The molecule has 0 unspecified atom stereocenters. The first-order chi connectivity index (χ1) is 15.3. The standard InChI is InChI=1S/C28H27NO3/c1-19-5-7-21(8-6-19)18-31-24-15-9-20(10-16-24)17-25-27(30)32-26(29-25)22-11-13-23(14-12-22)28(2,3)4/h5-17H,18H2,1-4H3/b25-17+. The lowest BCUT2D eigenvalue weighted by Gasteiger charge is -2.18. The molecule has 0 aromatic heterocycles. The van der Waals surface area contributed by atoms with E-state index >= 15 is 0 Å². The second-order valence-electron chi connectivity index (χ2n) is 9.01. The molecule has 0 radical (unpaired) electrons. The van der Waals surface area contributed by atoms with E-state index in [1.165, 1.54) is 11.1 Å². The van der Waals surface area contributed by atoms with Crippen LogP contribution >= 0.6 is 0 Å². The van der Waals surface area contributed by atoms with E-state index in [9.17, 15) is 4.79 Å². The smallest absolute Gasteiger partial charge is 0.363 e. The van der Waals surface area contributed by atoms with Crippen molar-refractivity contribution >= 4 is 17.9 Å². The van der Waals surface area contributed by atoms with E-state index in [1.807, 2.05) is 48.5 Å². The second kappa shape index (κ2) is 8.83. The van der Waals surface area contributed by atoms with E-state index in [0.29, 0.717) is 12.5 Å². The van der Waals surface area contributed by atoms with Gasteiger partial charge in [0.25, 0.3) is 0 Å². The van der Waals surface area contributed by atoms with Gasteiger partial charge in [-0.15, -0.1) is 0 Å². The first-order valence-electron chi connectivity index (χ1n) is 10.7. The number of aliphatic imine (C=N–C) groups is 1. The van der Waals surface area contributed by atoms with Crippen LogP contribution < -0.4 is 4.74 Å². The van der Waals surface area contributed by atoms with Crippen LogP contribution in [0.2, 0.25) is 0 Å². The number of esters is 1. The molecular formula is C28H27NO3. The molecule has 0 amide bonds. The number of carbonyl (C=O) groups is 1. The topological polar surface area (TPSA) is 47.9 Å². The van der Waals surface area contributed by atoms with Gasteiger partial charge in [-0.25, -0.2) is 9.79 Å². The first kappa shape index (κ1) is 21.6. The summed E-state index contributed by atoms with van der Waals surface area (Å²) in [7, 11) is 0. The number of aryl methyl sites for hydroxylation is 1. The molecule has 0 spiro atoms. The van der Waals surface area contributed by atoms with Crippen LogP contribution in [0, 0.1) is 6.92 Å². The molecule has 0 saturated heterocycles. The van der Waals surface area contributed by atoms with Gasteiger partial charge in [-0.3, -0.25) is 0 Å². The van der Waals surface area contributed by atoms with Crippen molar-refractivity contribution < 1.29 is 14.3 Å². The van der Waals surface area contributed by atoms with E-state index < -0.39 is 5.97 Å². The maximum atomic E-state index is 12.3. The van der Waals surface area contributed by atoms with Crippen LogP contribution in [0.1, 0.15) is 48.6 Å². The van der Waals surface area contributed by atoms with Gasteiger partial charge in [-0.05, 0) is 59.4 Å². The predicted molar refractivity (Wildman–Crippen MR) is 128 cm³/mol. The van der Waals surface area contributed by atoms with Crippen LogP contribution in [0.5, 0.6) is 5.75 Å². The van der Waals surface area contributed by atoms with Gasteiger partial charge in [0, 0.05) is 5.56 Å². The zero-order valence-electron chi connectivity index (χ0n) is 18.9. The maximum absolute atomic E-state index is 12.3. The van der Waals surface area contributed by atoms with E-state index in [2.05, 4.69) is 57.0 Å². The number of rotatable bonds is 5. The summed E-state index contributed by atoms with van der Waals surface area (Å²) in [6.07, 6.45) is 1.72. The van der Waals surface area contributed by atoms with Crippen molar-refractivity contribution in [3.05, 3.63) is 106 Å². The van der Waals surface area contributed by atoms with E-state index in [1.54, 1.807) is 6.08 Å². The van der Waals surface area contributed by atoms with Crippen LogP contribution in [-0.4, -0.2) is 11.9 Å². The predicted octanol–water partition coefficient (Wildman–Crippen LogP) is 6.22. The third-order valence-corrected chi connectivity index (χ3v) is 5.33. The van der Waals surface area contributed by atoms with Crippen LogP contribution in [-0.2, 0) is 21.6 Å². The SMILES string of the molecule is Cc1ccc(COc2ccc(/C=C3/N=C(c4ccc(C(C)(C)C)cc4)OC3=O)cc2)cc1. The summed E-state index contributed by atoms with van der Waals surface area (Å²) >= 11 is 0. The Morgan fingerprint density at radius 3 is 2.19 bits per heavy atom. The van der Waals surface area contributed by atoms with E-state index in [0.717, 1.165) is 22.4 Å². The van der Waals surface area contributed by atoms with E-state index in [4.69, 9.17) is 9.47 Å². The van der Waals surface area contributed by atoms with Gasteiger partial charge >= 0.3 is 5.97 Å². The molecule has 4 heteroatoms. The minimum atomic E-state index is -0.445. The number of cyclic esters (lactones) is 1. The number of benzene rings is 3. The number of ether oxygens (including phenoxy) is 2. The van der Waals surface area contributed by atoms with Gasteiger partial charge in [0.1, 0.15) is 12.4 Å². The fraction of sp³-hybridized carbons (Fsp3) is 0.214. The van der Waals surface area contributed by atoms with Crippen LogP contribution in [0.15, 0.2) is 83.5 Å². The van der Waals surface area contributed by atoms with Crippen molar-refractivity contribution in [2.45, 2.75) is 39.7 Å². The summed E-state index contributed by atoms with van der Waals surface area (Å²) in [4.78, 5) is 16.7. The summed E-state index contributed by atoms with van der Waals surface area (Å²) in [5, 5.41) is 0. The summed E-state index contributed by atoms with van der Waals surface area (Å²) < 4.78 is 11.2. The molecule has 0 aliphatic carbocycles. The van der Waals surface area contributed by atoms with Crippen molar-refractivity contribution in [1.29, 1.82) is 0 Å². The van der Waals surface area contributed by atoms with Gasteiger partial charge in [0.05, 0.1) is 0 Å². The zero-order valence-corrected chi connectivity index (χ0v) is 18.9. The monoisotopic (exact) mass is 425 g/mol. The van der Waals surface area contributed by atoms with Crippen LogP contribution in [0.25, 0.3) is 6.08 Å². The van der Waals surface area contributed by atoms with Crippen LogP contribution in [0.3, 0.4) is 0 Å². The highest BCUT2D eigenvalue weighted by molar-refractivity contribution is 6.12. The van der Waals surface area contributed by atoms with Gasteiger partial charge in [-0.2, -0.15) is 0 Å². The highest BCUT2D eigenvalue weighted by Crippen LogP contribution is 2.25. The molecule has 1 aliphatic rings. The van der Waals surface area contributed by atoms with Gasteiger partial charge in [-0.1, -0.05) is 74.9 Å². The van der Waals surface area contributed by atoms with Gasteiger partial charge in [0.2, 0.25) is 5.90 Å². The minimum absolute atomic E-state index is 0.0633. The molecule has 0 saturated carbocycles. The van der Waals surface area contributed by atoms with Gasteiger partial charge < -0.3 is 9.47 Å². The zero-order chi connectivity index (χ0) is 22.7. The Morgan fingerprint density at radius 1 is 0.906 bits per heavy atom. The fourth-order valence-electron chi connectivity index (χ4n) is 3.31. The Kier molecular flexibility index (Phi) is 5.95. The lowest BCUT2D eigenvalue weighted by Crippen LogP contribution is -2.11. The van der Waals surface area contributed by atoms with Crippen molar-refractivity contribution in [3.8, 4) is 5.75 Å². The molecule has 1 aliphatic heterocycles. The van der Waals surface area contributed by atoms with Crippen molar-refractivity contribution in [3.63, 3.8) is 0 Å². The largest absolute Gasteiger partial charge is 0.489 e. The number of hydrogen-bond donors (Lipinski definition) is 0. The fourth-order valence-corrected chi connectivity index (χ4v) is 3.31. The molecular weight excluding hydrogens is 398 g/mol. The van der Waals surface area contributed by atoms with Crippen molar-refractivity contribution in [2.75, 3.05) is 0 Å². The van der Waals surface area contributed by atoms with Crippen molar-refractivity contribution in [2.24, 2.45) is 4.99 Å². The third-order valence-electron chi connectivity index (χ3n) is 5.33. The minimum Gasteiger partial charge on any atom is -0.489 e. The Morgan fingerprint density at radius 2 is 1.56 bits per heavy atom. The molecule has 32 heavy (non-hydrogen) atoms. The summed E-state index contributed by atoms with van der Waals surface area (Å²) in [6.45, 7) is 9.06. The number of carbonyl (C=O) groups excluding carboxylic acids is 1. The molecule has 3 aromatic rings. The molecule has 0 atom stereocenters. The molecule has 0 N–H and O–H groups in total. The number of hydrogen-bond acceptors (Lipinski definition) is 4. The molecule has 4 nitrogen and oxygen atoms in total. The third kappa shape index (κ3) is 5.14. The van der Waals surface area contributed by atoms with Gasteiger partial charge in [0.15, 0.2) is 5.70 Å². The van der Waals surface area contributed by atoms with E-state index in [-0.39, 0.29) is 11.1 Å². The molecule has 162 valence electrons. The molecule has 3 aromatic carbocycles. The lowest BCUT2D eigenvalue weighted by atomic mass is 9.87. The Hall–Kier alpha value is -3.66. The second-order valence-corrected chi connectivity index (χ2v) is 9.01. The highest BCUT2D eigenvalue weighted by Gasteiger charge is 2.24.